The molecule has 0 saturated carbocycles. The summed E-state index contributed by atoms with van der Waals surface area (Å²) in [5.41, 5.74) is 2.87. The van der Waals surface area contributed by atoms with Gasteiger partial charge in [0.2, 0.25) is 0 Å². The summed E-state index contributed by atoms with van der Waals surface area (Å²) in [6, 6.07) is 16.3. The first-order valence-corrected chi connectivity index (χ1v) is 13.5. The molecule has 0 radical (unpaired) electrons. The molecule has 8 nitrogen and oxygen atoms in total. The van der Waals surface area contributed by atoms with E-state index in [9.17, 15) is 18.5 Å². The molecule has 0 spiro atoms. The quantitative estimate of drug-likeness (QED) is 0.361. The maximum atomic E-state index is 13.2. The number of carbonyl (C=O) groups is 1. The van der Waals surface area contributed by atoms with Gasteiger partial charge in [0.05, 0.1) is 36.6 Å². The minimum atomic E-state index is -1.38. The molecule has 1 aromatic heterocycles. The van der Waals surface area contributed by atoms with Crippen LogP contribution in [0.4, 0.5) is 10.1 Å². The van der Waals surface area contributed by atoms with Crippen molar-refractivity contribution in [3.63, 3.8) is 0 Å². The molecule has 2 heterocycles. The fourth-order valence-corrected chi connectivity index (χ4v) is 5.40. The van der Waals surface area contributed by atoms with E-state index in [2.05, 4.69) is 5.32 Å². The van der Waals surface area contributed by atoms with Crippen LogP contribution in [0, 0.1) is 5.82 Å². The first kappa shape index (κ1) is 25.9. The third kappa shape index (κ3) is 4.90. The molecule has 0 saturated heterocycles. The van der Waals surface area contributed by atoms with Crippen LogP contribution in [0.2, 0.25) is 0 Å². The molecule has 0 bridgehead atoms. The van der Waals surface area contributed by atoms with Crippen molar-refractivity contribution in [1.82, 2.24) is 5.32 Å². The molecule has 198 valence electrons. The number of benzene rings is 3. The summed E-state index contributed by atoms with van der Waals surface area (Å²) in [6.45, 7) is 1.89. The van der Waals surface area contributed by atoms with Gasteiger partial charge in [-0.3, -0.25) is 9.10 Å². The minimum absolute atomic E-state index is 0.212. The smallest absolute Gasteiger partial charge is 0.255 e. The Morgan fingerprint density at radius 2 is 1.82 bits per heavy atom. The molecule has 38 heavy (non-hydrogen) atoms. The Morgan fingerprint density at radius 1 is 1.16 bits per heavy atom. The van der Waals surface area contributed by atoms with Crippen molar-refractivity contribution in [2.75, 3.05) is 30.8 Å². The molecular weight excluding hydrogens is 511 g/mol. The van der Waals surface area contributed by atoms with Crippen molar-refractivity contribution in [2.45, 2.75) is 19.1 Å². The molecule has 5 rings (SSSR count). The fraction of sp³-hybridized carbons (Fsp3) is 0.250. The van der Waals surface area contributed by atoms with Gasteiger partial charge in [0.15, 0.2) is 0 Å². The highest BCUT2D eigenvalue weighted by Gasteiger charge is 2.31. The number of hydrogen-bond acceptors (Lipinski definition) is 6. The molecule has 1 aliphatic heterocycles. The number of furan rings is 1. The van der Waals surface area contributed by atoms with E-state index in [1.54, 1.807) is 47.9 Å². The van der Waals surface area contributed by atoms with Gasteiger partial charge in [-0.15, -0.1) is 0 Å². The summed E-state index contributed by atoms with van der Waals surface area (Å²) >= 11 is 0. The predicted molar refractivity (Wildman–Crippen MR) is 143 cm³/mol. The first-order chi connectivity index (χ1) is 18.3. The van der Waals surface area contributed by atoms with Crippen molar-refractivity contribution in [2.24, 2.45) is 0 Å². The monoisotopic (exact) mass is 538 g/mol. The molecule has 10 heteroatoms. The van der Waals surface area contributed by atoms with Gasteiger partial charge in [-0.05, 0) is 61.5 Å². The van der Waals surface area contributed by atoms with Crippen LogP contribution in [0.1, 0.15) is 28.9 Å². The second-order valence-corrected chi connectivity index (χ2v) is 10.2. The van der Waals surface area contributed by atoms with Gasteiger partial charge in [-0.25, -0.2) is 8.60 Å². The SMILES string of the molecule is CNC(=O)c1c(-c2ccc(Oc3ccc(F)cc3)cc2)oc2cc3c(cc12)C(C)OC(CO)CN3S(C)=O. The van der Waals surface area contributed by atoms with Crippen LogP contribution in [0.3, 0.4) is 0 Å². The number of hydrogen-bond donors (Lipinski definition) is 2. The zero-order chi connectivity index (χ0) is 27.0. The average Bonchev–Trinajstić information content (AvgIpc) is 3.22. The highest BCUT2D eigenvalue weighted by atomic mass is 32.2. The maximum absolute atomic E-state index is 13.2. The maximum Gasteiger partial charge on any atom is 0.255 e. The molecule has 0 aliphatic carbocycles. The van der Waals surface area contributed by atoms with Gasteiger partial charge in [0, 0.05) is 35.9 Å². The second-order valence-electron chi connectivity index (χ2n) is 8.94. The van der Waals surface area contributed by atoms with E-state index in [1.807, 2.05) is 13.0 Å². The Labute approximate surface area is 221 Å². The summed E-state index contributed by atoms with van der Waals surface area (Å²) in [7, 11) is 0.165. The van der Waals surface area contributed by atoms with Gasteiger partial charge < -0.3 is 24.3 Å². The number of amides is 1. The van der Waals surface area contributed by atoms with Gasteiger partial charge in [0.25, 0.3) is 5.91 Å². The molecule has 0 fully saturated rings. The van der Waals surface area contributed by atoms with Crippen LogP contribution in [0.15, 0.2) is 65.1 Å². The number of aliphatic hydroxyl groups is 1. The summed E-state index contributed by atoms with van der Waals surface area (Å²) in [6.07, 6.45) is 0.633. The van der Waals surface area contributed by atoms with Crippen molar-refractivity contribution < 1.29 is 32.4 Å². The Bertz CT molecular complexity index is 1500. The fourth-order valence-electron chi connectivity index (χ4n) is 4.59. The number of halogens is 1. The Kier molecular flexibility index (Phi) is 7.20. The lowest BCUT2D eigenvalue weighted by molar-refractivity contribution is -0.0226. The van der Waals surface area contributed by atoms with E-state index in [-0.39, 0.29) is 24.9 Å². The van der Waals surface area contributed by atoms with E-state index in [0.717, 1.165) is 5.56 Å². The summed E-state index contributed by atoms with van der Waals surface area (Å²) < 4.78 is 45.5. The Morgan fingerprint density at radius 3 is 2.42 bits per heavy atom. The Balaban J connectivity index is 1.59. The average molecular weight is 539 g/mol. The Hall–Kier alpha value is -3.73. The largest absolute Gasteiger partial charge is 0.457 e. The number of carbonyl (C=O) groups excluding carboxylic acids is 1. The lowest BCUT2D eigenvalue weighted by Gasteiger charge is -2.23. The highest BCUT2D eigenvalue weighted by molar-refractivity contribution is 7.85. The van der Waals surface area contributed by atoms with Gasteiger partial charge in [-0.2, -0.15) is 0 Å². The van der Waals surface area contributed by atoms with Crippen LogP contribution >= 0.6 is 0 Å². The number of nitrogens with zero attached hydrogens (tertiary/aromatic N) is 1. The van der Waals surface area contributed by atoms with Crippen LogP contribution in [0.5, 0.6) is 11.5 Å². The predicted octanol–water partition coefficient (Wildman–Crippen LogP) is 4.94. The first-order valence-electron chi connectivity index (χ1n) is 12.0. The van der Waals surface area contributed by atoms with E-state index in [1.165, 1.54) is 24.3 Å². The molecule has 3 atom stereocenters. The van der Waals surface area contributed by atoms with Crippen LogP contribution < -0.4 is 14.4 Å². The highest BCUT2D eigenvalue weighted by Crippen LogP contribution is 2.42. The lowest BCUT2D eigenvalue weighted by Crippen LogP contribution is -2.35. The number of ether oxygens (including phenoxy) is 2. The van der Waals surface area contributed by atoms with Crippen LogP contribution in [-0.2, 0) is 15.7 Å². The van der Waals surface area contributed by atoms with Gasteiger partial charge >= 0.3 is 0 Å². The third-order valence-corrected chi connectivity index (χ3v) is 7.41. The number of anilines is 1. The standard InChI is InChI=1S/C28H27FN2O6S/c1-16-22-12-23-25(13-24(22)31(38(3)34)14-21(15-32)35-16)37-27(26(23)28(33)30-2)17-4-8-19(9-5-17)36-20-10-6-18(29)7-11-20/h4-13,16,21,32H,14-15H2,1-3H3,(H,30,33). The van der Waals surface area contributed by atoms with Crippen LogP contribution in [-0.4, -0.2) is 47.8 Å². The number of rotatable bonds is 6. The van der Waals surface area contributed by atoms with Crippen molar-refractivity contribution >= 4 is 33.5 Å². The molecule has 1 aliphatic rings. The minimum Gasteiger partial charge on any atom is -0.457 e. The van der Waals surface area contributed by atoms with Crippen molar-refractivity contribution in [1.29, 1.82) is 0 Å². The van der Waals surface area contributed by atoms with Crippen molar-refractivity contribution in [3.05, 3.63) is 77.6 Å². The number of aliphatic hydroxyl groups excluding tert-OH is 1. The van der Waals surface area contributed by atoms with Crippen LogP contribution in [0.25, 0.3) is 22.3 Å². The van der Waals surface area contributed by atoms with E-state index in [0.29, 0.717) is 45.0 Å². The zero-order valence-electron chi connectivity index (χ0n) is 21.1. The normalized spacial score (nSPS) is 18.1. The topological polar surface area (TPSA) is 101 Å². The van der Waals surface area contributed by atoms with E-state index >= 15 is 0 Å². The van der Waals surface area contributed by atoms with E-state index in [4.69, 9.17) is 13.9 Å². The summed E-state index contributed by atoms with van der Waals surface area (Å²) in [5, 5.41) is 13.0. The van der Waals surface area contributed by atoms with Gasteiger partial charge in [-0.1, -0.05) is 0 Å². The molecule has 1 amide bonds. The zero-order valence-corrected chi connectivity index (χ0v) is 21.9. The molecule has 2 N–H and O–H groups in total. The second kappa shape index (κ2) is 10.6. The summed E-state index contributed by atoms with van der Waals surface area (Å²) in [5.74, 6) is 0.734. The van der Waals surface area contributed by atoms with E-state index < -0.39 is 23.2 Å². The lowest BCUT2D eigenvalue weighted by atomic mass is 10.0. The molecular formula is C28H27FN2O6S. The van der Waals surface area contributed by atoms with Gasteiger partial charge in [0.1, 0.15) is 39.6 Å². The number of fused-ring (bicyclic) bond motifs is 2. The third-order valence-electron chi connectivity index (χ3n) is 6.44. The van der Waals surface area contributed by atoms with Crippen molar-refractivity contribution in [3.8, 4) is 22.8 Å². The molecule has 3 unspecified atom stereocenters. The molecule has 3 aromatic carbocycles. The summed E-state index contributed by atoms with van der Waals surface area (Å²) in [4.78, 5) is 13.1. The number of nitrogens with one attached hydrogen (secondary N) is 1. The molecule has 4 aromatic rings.